The van der Waals surface area contributed by atoms with Gasteiger partial charge in [-0.3, -0.25) is 29.0 Å². The molecule has 3 rings (SSSR count). The van der Waals surface area contributed by atoms with Gasteiger partial charge in [0.05, 0.1) is 28.1 Å². The Morgan fingerprint density at radius 3 is 2.47 bits per heavy atom. The standard InChI is InChI=1S/C21H22Cl2N4O7/c22-12-3-1-4-13(23)18(12)20(33)25-14-6-7-16(29)26-8-2-5-15(27(26)21(14)34)19(32)24-11(10-28)9-17(30)31/h1,3-4,10-11,14-15H,2,5-9H2,(H,24,32)(H,25,33)(H,30,31)/t11-,14-,15-/m0/s1. The van der Waals surface area contributed by atoms with E-state index in [0.717, 1.165) is 10.0 Å². The Balaban J connectivity index is 1.84. The summed E-state index contributed by atoms with van der Waals surface area (Å²) in [6.07, 6.45) is 0.173. The zero-order chi connectivity index (χ0) is 25.0. The van der Waals surface area contributed by atoms with E-state index < -0.39 is 54.1 Å². The number of rotatable bonds is 7. The zero-order valence-electron chi connectivity index (χ0n) is 17.8. The van der Waals surface area contributed by atoms with Gasteiger partial charge in [-0.15, -0.1) is 0 Å². The van der Waals surface area contributed by atoms with Crippen LogP contribution in [0, 0.1) is 0 Å². The van der Waals surface area contributed by atoms with Crippen LogP contribution in [-0.2, 0) is 24.0 Å². The van der Waals surface area contributed by atoms with Gasteiger partial charge in [0.15, 0.2) is 0 Å². The minimum Gasteiger partial charge on any atom is -0.481 e. The maximum atomic E-state index is 13.4. The first-order valence-corrected chi connectivity index (χ1v) is 11.2. The molecular formula is C21H22Cl2N4O7. The van der Waals surface area contributed by atoms with Gasteiger partial charge < -0.3 is 20.5 Å². The number of carbonyl (C=O) groups is 6. The summed E-state index contributed by atoms with van der Waals surface area (Å²) in [5.41, 5.74) is -0.0264. The minimum atomic E-state index is -1.30. The Morgan fingerprint density at radius 1 is 1.18 bits per heavy atom. The summed E-state index contributed by atoms with van der Waals surface area (Å²) in [7, 11) is 0. The molecule has 2 aliphatic heterocycles. The topological polar surface area (TPSA) is 153 Å². The van der Waals surface area contributed by atoms with Gasteiger partial charge in [-0.05, 0) is 31.4 Å². The van der Waals surface area contributed by atoms with Crippen LogP contribution in [0.5, 0.6) is 0 Å². The van der Waals surface area contributed by atoms with Crippen molar-refractivity contribution in [3.63, 3.8) is 0 Å². The summed E-state index contributed by atoms with van der Waals surface area (Å²) in [5.74, 6) is -3.87. The van der Waals surface area contributed by atoms with E-state index in [1.54, 1.807) is 6.07 Å². The summed E-state index contributed by atoms with van der Waals surface area (Å²) < 4.78 is 0. The second-order valence-electron chi connectivity index (χ2n) is 7.87. The van der Waals surface area contributed by atoms with Crippen molar-refractivity contribution in [3.05, 3.63) is 33.8 Å². The predicted molar refractivity (Wildman–Crippen MR) is 119 cm³/mol. The van der Waals surface area contributed by atoms with Gasteiger partial charge >= 0.3 is 5.97 Å². The summed E-state index contributed by atoms with van der Waals surface area (Å²) >= 11 is 12.2. The molecule has 34 heavy (non-hydrogen) atoms. The second kappa shape index (κ2) is 10.8. The maximum absolute atomic E-state index is 13.4. The summed E-state index contributed by atoms with van der Waals surface area (Å²) in [4.78, 5) is 74.0. The highest BCUT2D eigenvalue weighted by molar-refractivity contribution is 6.39. The van der Waals surface area contributed by atoms with Crippen molar-refractivity contribution >= 4 is 59.1 Å². The number of hydrogen-bond donors (Lipinski definition) is 3. The number of aliphatic carboxylic acids is 1. The Bertz CT molecular complexity index is 1010. The minimum absolute atomic E-state index is 0.0111. The van der Waals surface area contributed by atoms with E-state index in [0.29, 0.717) is 12.7 Å². The van der Waals surface area contributed by atoms with Gasteiger partial charge in [-0.2, -0.15) is 0 Å². The smallest absolute Gasteiger partial charge is 0.305 e. The third-order valence-electron chi connectivity index (χ3n) is 5.55. The molecular weight excluding hydrogens is 491 g/mol. The molecule has 0 radical (unpaired) electrons. The molecule has 0 aromatic heterocycles. The van der Waals surface area contributed by atoms with Gasteiger partial charge in [0.2, 0.25) is 11.8 Å². The number of carboxylic acids is 1. The third kappa shape index (κ3) is 5.48. The van der Waals surface area contributed by atoms with E-state index in [4.69, 9.17) is 28.3 Å². The molecule has 0 aliphatic carbocycles. The molecule has 3 atom stereocenters. The van der Waals surface area contributed by atoms with Crippen molar-refractivity contribution in [2.24, 2.45) is 0 Å². The lowest BCUT2D eigenvalue weighted by Crippen LogP contribution is -2.64. The van der Waals surface area contributed by atoms with E-state index in [1.807, 2.05) is 0 Å². The van der Waals surface area contributed by atoms with E-state index >= 15 is 0 Å². The molecule has 0 spiro atoms. The molecule has 182 valence electrons. The van der Waals surface area contributed by atoms with Crippen LogP contribution >= 0.6 is 23.2 Å². The molecule has 11 nitrogen and oxygen atoms in total. The highest BCUT2D eigenvalue weighted by Crippen LogP contribution is 2.27. The number of hydrazine groups is 1. The number of carboxylic acid groups (broad SMARTS) is 1. The molecule has 1 aromatic carbocycles. The molecule has 13 heteroatoms. The molecule has 2 saturated heterocycles. The number of halogens is 2. The van der Waals surface area contributed by atoms with Crippen LogP contribution in [-0.4, -0.2) is 75.7 Å². The molecule has 3 N–H and O–H groups in total. The fourth-order valence-electron chi connectivity index (χ4n) is 3.95. The molecule has 0 bridgehead atoms. The van der Waals surface area contributed by atoms with Gasteiger partial charge in [-0.25, -0.2) is 5.01 Å². The van der Waals surface area contributed by atoms with Crippen LogP contribution in [0.2, 0.25) is 10.0 Å². The first-order chi connectivity index (χ1) is 16.1. The molecule has 0 unspecified atom stereocenters. The molecule has 4 amide bonds. The lowest BCUT2D eigenvalue weighted by Gasteiger charge is -2.43. The lowest BCUT2D eigenvalue weighted by molar-refractivity contribution is -0.176. The van der Waals surface area contributed by atoms with Crippen LogP contribution < -0.4 is 10.6 Å². The van der Waals surface area contributed by atoms with Crippen LogP contribution in [0.4, 0.5) is 0 Å². The maximum Gasteiger partial charge on any atom is 0.305 e. The van der Waals surface area contributed by atoms with E-state index in [9.17, 15) is 28.8 Å². The van der Waals surface area contributed by atoms with E-state index in [-0.39, 0.29) is 41.4 Å². The molecule has 1 aromatic rings. The normalized spacial score (nSPS) is 21.2. The summed E-state index contributed by atoms with van der Waals surface area (Å²) in [6.45, 7) is 0.192. The van der Waals surface area contributed by atoms with Gasteiger partial charge in [0.1, 0.15) is 18.4 Å². The third-order valence-corrected chi connectivity index (χ3v) is 6.18. The summed E-state index contributed by atoms with van der Waals surface area (Å²) in [6, 6.07) is 0.882. The predicted octanol–water partition coefficient (Wildman–Crippen LogP) is 0.779. The fourth-order valence-corrected chi connectivity index (χ4v) is 4.52. The number of nitrogens with one attached hydrogen (secondary N) is 2. The van der Waals surface area contributed by atoms with Gasteiger partial charge in [0, 0.05) is 13.0 Å². The second-order valence-corrected chi connectivity index (χ2v) is 8.68. The van der Waals surface area contributed by atoms with Crippen molar-refractivity contribution in [2.45, 2.75) is 50.2 Å². The average molecular weight is 513 g/mol. The number of amides is 4. The lowest BCUT2D eigenvalue weighted by atomic mass is 10.0. The van der Waals surface area contributed by atoms with E-state index in [1.165, 1.54) is 12.1 Å². The SMILES string of the molecule is O=C[C@H](CC(=O)O)NC(=O)[C@@H]1CCCN2C(=O)CC[C@H](NC(=O)c3c(Cl)cccc3Cl)C(=O)N12. The molecule has 2 aliphatic rings. The Kier molecular flexibility index (Phi) is 8.11. The first-order valence-electron chi connectivity index (χ1n) is 10.5. The van der Waals surface area contributed by atoms with Gasteiger partial charge in [0.25, 0.3) is 11.8 Å². The van der Waals surface area contributed by atoms with Gasteiger partial charge in [-0.1, -0.05) is 29.3 Å². The largest absolute Gasteiger partial charge is 0.481 e. The quantitative estimate of drug-likeness (QED) is 0.456. The fraction of sp³-hybridized carbons (Fsp3) is 0.429. The number of nitrogens with zero attached hydrogens (tertiary/aromatic N) is 2. The Morgan fingerprint density at radius 2 is 1.85 bits per heavy atom. The molecule has 2 heterocycles. The first kappa shape index (κ1) is 25.4. The molecule has 0 saturated carbocycles. The Hall–Kier alpha value is -3.18. The highest BCUT2D eigenvalue weighted by atomic mass is 35.5. The average Bonchev–Trinajstić information content (AvgIpc) is 2.90. The monoisotopic (exact) mass is 512 g/mol. The van der Waals surface area contributed by atoms with Crippen LogP contribution in [0.1, 0.15) is 42.5 Å². The van der Waals surface area contributed by atoms with Crippen molar-refractivity contribution < 1.29 is 33.9 Å². The van der Waals surface area contributed by atoms with Crippen molar-refractivity contribution in [1.29, 1.82) is 0 Å². The van der Waals surface area contributed by atoms with Crippen LogP contribution in [0.15, 0.2) is 18.2 Å². The number of benzene rings is 1. The van der Waals surface area contributed by atoms with Crippen molar-refractivity contribution in [1.82, 2.24) is 20.7 Å². The summed E-state index contributed by atoms with van der Waals surface area (Å²) in [5, 5.41) is 16.1. The zero-order valence-corrected chi connectivity index (χ0v) is 19.3. The van der Waals surface area contributed by atoms with Crippen molar-refractivity contribution in [2.75, 3.05) is 6.54 Å². The van der Waals surface area contributed by atoms with Crippen molar-refractivity contribution in [3.8, 4) is 0 Å². The van der Waals surface area contributed by atoms with Crippen LogP contribution in [0.25, 0.3) is 0 Å². The van der Waals surface area contributed by atoms with Crippen LogP contribution in [0.3, 0.4) is 0 Å². The number of aldehydes is 1. The van der Waals surface area contributed by atoms with E-state index in [2.05, 4.69) is 10.6 Å². The highest BCUT2D eigenvalue weighted by Gasteiger charge is 2.45. The Labute approximate surface area is 204 Å². The number of fused-ring (bicyclic) bond motifs is 1. The molecule has 2 fully saturated rings. The number of hydrogen-bond acceptors (Lipinski definition) is 6. The number of carbonyl (C=O) groups excluding carboxylic acids is 5.